The number of benzene rings is 2. The maximum Gasteiger partial charge on any atom is 0.335 e. The summed E-state index contributed by atoms with van der Waals surface area (Å²) in [5.74, 6) is 0.668. The number of hydrogen-bond acceptors (Lipinski definition) is 5. The molecule has 152 valence electrons. The molecule has 2 aromatic carbocycles. The Kier molecular flexibility index (Phi) is 4.80. The van der Waals surface area contributed by atoms with E-state index in [1.165, 1.54) is 5.39 Å². The Morgan fingerprint density at radius 1 is 1.17 bits per heavy atom. The van der Waals surface area contributed by atoms with E-state index in [9.17, 15) is 4.79 Å². The van der Waals surface area contributed by atoms with E-state index in [-0.39, 0.29) is 5.92 Å². The van der Waals surface area contributed by atoms with Gasteiger partial charge in [-0.25, -0.2) is 4.79 Å². The molecule has 2 N–H and O–H groups in total. The van der Waals surface area contributed by atoms with Crippen LogP contribution in [0, 0.1) is 0 Å². The van der Waals surface area contributed by atoms with E-state index in [4.69, 9.17) is 9.52 Å². The van der Waals surface area contributed by atoms with Crippen LogP contribution in [-0.2, 0) is 13.0 Å². The van der Waals surface area contributed by atoms with Crippen molar-refractivity contribution in [2.24, 2.45) is 0 Å². The summed E-state index contributed by atoms with van der Waals surface area (Å²) < 4.78 is 6.00. The largest absolute Gasteiger partial charge is 0.478 e. The van der Waals surface area contributed by atoms with Crippen molar-refractivity contribution in [3.63, 3.8) is 0 Å². The van der Waals surface area contributed by atoms with Gasteiger partial charge in [-0.05, 0) is 42.3 Å². The van der Waals surface area contributed by atoms with Crippen molar-refractivity contribution in [1.82, 2.24) is 20.1 Å². The van der Waals surface area contributed by atoms with Crippen LogP contribution >= 0.6 is 0 Å². The molecule has 5 rings (SSSR count). The molecule has 0 amide bonds. The normalized spacial score (nSPS) is 17.0. The number of aromatic carboxylic acids is 1. The monoisotopic (exact) mass is 402 g/mol. The second kappa shape index (κ2) is 7.76. The molecule has 0 radical (unpaired) electrons. The number of hydrogen-bond donors (Lipinski definition) is 2. The number of likely N-dealkylation sites (tertiary alicyclic amines) is 1. The first-order valence-corrected chi connectivity index (χ1v) is 10.1. The van der Waals surface area contributed by atoms with Gasteiger partial charge in [0.2, 0.25) is 11.8 Å². The SMILES string of the molecule is O=C(O)c1ccc(CN2CC[C@H](c3nnc(Cc4c[nH]c5ccccc45)o3)C2)cc1. The third kappa shape index (κ3) is 3.71. The lowest BCUT2D eigenvalue weighted by Crippen LogP contribution is -2.19. The molecular formula is C23H22N4O3. The van der Waals surface area contributed by atoms with Crippen LogP contribution in [0.25, 0.3) is 10.9 Å². The van der Waals surface area contributed by atoms with Gasteiger partial charge in [-0.3, -0.25) is 4.90 Å². The topological polar surface area (TPSA) is 95.2 Å². The number of rotatable bonds is 6. The predicted octanol–water partition coefficient (Wildman–Crippen LogP) is 3.83. The fourth-order valence-corrected chi connectivity index (χ4v) is 4.13. The molecule has 1 atom stereocenters. The van der Waals surface area contributed by atoms with Crippen LogP contribution in [0.3, 0.4) is 0 Å². The van der Waals surface area contributed by atoms with Crippen LogP contribution < -0.4 is 0 Å². The van der Waals surface area contributed by atoms with Gasteiger partial charge in [-0.15, -0.1) is 10.2 Å². The molecule has 7 heteroatoms. The van der Waals surface area contributed by atoms with Gasteiger partial charge in [-0.1, -0.05) is 30.3 Å². The number of fused-ring (bicyclic) bond motifs is 1. The van der Waals surface area contributed by atoms with Crippen LogP contribution in [0.2, 0.25) is 0 Å². The zero-order valence-electron chi connectivity index (χ0n) is 16.4. The molecular weight excluding hydrogens is 380 g/mol. The van der Waals surface area contributed by atoms with E-state index in [1.807, 2.05) is 30.5 Å². The minimum atomic E-state index is -0.900. The van der Waals surface area contributed by atoms with Gasteiger partial charge in [0.15, 0.2) is 0 Å². The Balaban J connectivity index is 1.22. The summed E-state index contributed by atoms with van der Waals surface area (Å²) in [5.41, 5.74) is 3.67. The Morgan fingerprint density at radius 3 is 2.83 bits per heavy atom. The summed E-state index contributed by atoms with van der Waals surface area (Å²) in [7, 11) is 0. The van der Waals surface area contributed by atoms with E-state index >= 15 is 0 Å². The number of para-hydroxylation sites is 1. The third-order valence-electron chi connectivity index (χ3n) is 5.73. The Bertz CT molecular complexity index is 1180. The van der Waals surface area contributed by atoms with Crippen LogP contribution in [0.1, 0.15) is 45.6 Å². The molecule has 0 unspecified atom stereocenters. The molecule has 0 aliphatic carbocycles. The highest BCUT2D eigenvalue weighted by molar-refractivity contribution is 5.87. The van der Waals surface area contributed by atoms with Gasteiger partial charge in [0, 0.05) is 30.2 Å². The molecule has 0 bridgehead atoms. The lowest BCUT2D eigenvalue weighted by molar-refractivity contribution is 0.0697. The Labute approximate surface area is 173 Å². The molecule has 2 aromatic heterocycles. The van der Waals surface area contributed by atoms with E-state index in [0.717, 1.165) is 42.7 Å². The number of carboxylic acid groups (broad SMARTS) is 1. The second-order valence-electron chi connectivity index (χ2n) is 7.79. The summed E-state index contributed by atoms with van der Waals surface area (Å²) in [4.78, 5) is 16.6. The van der Waals surface area contributed by atoms with E-state index < -0.39 is 5.97 Å². The number of H-pyrrole nitrogens is 1. The predicted molar refractivity (Wildman–Crippen MR) is 111 cm³/mol. The van der Waals surface area contributed by atoms with Crippen LogP contribution in [0.5, 0.6) is 0 Å². The standard InChI is InChI=1S/C23H22N4O3/c28-23(29)16-7-5-15(6-8-16)13-27-10-9-17(14-27)22-26-25-21(30-22)11-18-12-24-20-4-2-1-3-19(18)20/h1-8,12,17,24H,9-11,13-14H2,(H,28,29)/t17-/m0/s1. The van der Waals surface area contributed by atoms with Crippen molar-refractivity contribution < 1.29 is 14.3 Å². The van der Waals surface area contributed by atoms with Crippen molar-refractivity contribution in [2.75, 3.05) is 13.1 Å². The van der Waals surface area contributed by atoms with Gasteiger partial charge >= 0.3 is 5.97 Å². The zero-order chi connectivity index (χ0) is 20.5. The summed E-state index contributed by atoms with van der Waals surface area (Å²) in [6.45, 7) is 2.59. The highest BCUT2D eigenvalue weighted by atomic mass is 16.4. The summed E-state index contributed by atoms with van der Waals surface area (Å²) in [6, 6.07) is 15.3. The summed E-state index contributed by atoms with van der Waals surface area (Å²) >= 11 is 0. The quantitative estimate of drug-likeness (QED) is 0.509. The minimum absolute atomic E-state index is 0.229. The van der Waals surface area contributed by atoms with E-state index in [2.05, 4.69) is 32.2 Å². The summed E-state index contributed by atoms with van der Waals surface area (Å²) in [6.07, 6.45) is 3.59. The van der Waals surface area contributed by atoms with Gasteiger partial charge in [0.25, 0.3) is 0 Å². The van der Waals surface area contributed by atoms with E-state index in [0.29, 0.717) is 23.8 Å². The number of carboxylic acids is 1. The summed E-state index contributed by atoms with van der Waals surface area (Å²) in [5, 5.41) is 18.8. The molecule has 3 heterocycles. The van der Waals surface area contributed by atoms with Gasteiger partial charge < -0.3 is 14.5 Å². The zero-order valence-corrected chi connectivity index (χ0v) is 16.4. The number of aromatic amines is 1. The van der Waals surface area contributed by atoms with Gasteiger partial charge in [0.1, 0.15) is 0 Å². The van der Waals surface area contributed by atoms with Crippen molar-refractivity contribution in [3.05, 3.63) is 83.2 Å². The van der Waals surface area contributed by atoms with Crippen molar-refractivity contribution >= 4 is 16.9 Å². The van der Waals surface area contributed by atoms with Crippen LogP contribution in [0.4, 0.5) is 0 Å². The lowest BCUT2D eigenvalue weighted by atomic mass is 10.1. The number of carbonyl (C=O) groups is 1. The van der Waals surface area contributed by atoms with Gasteiger partial charge in [0.05, 0.1) is 17.9 Å². The lowest BCUT2D eigenvalue weighted by Gasteiger charge is -2.15. The highest BCUT2D eigenvalue weighted by Crippen LogP contribution is 2.28. The molecule has 30 heavy (non-hydrogen) atoms. The molecule has 1 aliphatic heterocycles. The number of nitrogens with zero attached hydrogens (tertiary/aromatic N) is 3. The first-order chi connectivity index (χ1) is 14.7. The van der Waals surface area contributed by atoms with Crippen molar-refractivity contribution in [1.29, 1.82) is 0 Å². The van der Waals surface area contributed by atoms with Crippen LogP contribution in [0.15, 0.2) is 59.1 Å². The first kappa shape index (κ1) is 18.6. The van der Waals surface area contributed by atoms with Crippen LogP contribution in [-0.4, -0.2) is 44.2 Å². The smallest absolute Gasteiger partial charge is 0.335 e. The van der Waals surface area contributed by atoms with Crippen molar-refractivity contribution in [3.8, 4) is 0 Å². The molecule has 1 aliphatic rings. The van der Waals surface area contributed by atoms with Gasteiger partial charge in [-0.2, -0.15) is 0 Å². The molecule has 7 nitrogen and oxygen atoms in total. The Hall–Kier alpha value is -3.45. The maximum absolute atomic E-state index is 11.0. The number of nitrogens with one attached hydrogen (secondary N) is 1. The molecule has 0 spiro atoms. The fraction of sp³-hybridized carbons (Fsp3) is 0.261. The second-order valence-corrected chi connectivity index (χ2v) is 7.79. The number of aromatic nitrogens is 3. The van der Waals surface area contributed by atoms with E-state index in [1.54, 1.807) is 12.1 Å². The molecule has 1 fully saturated rings. The van der Waals surface area contributed by atoms with Crippen molar-refractivity contribution in [2.45, 2.75) is 25.3 Å². The molecule has 0 saturated carbocycles. The molecule has 1 saturated heterocycles. The maximum atomic E-state index is 11.0. The minimum Gasteiger partial charge on any atom is -0.478 e. The Morgan fingerprint density at radius 2 is 2.00 bits per heavy atom. The average molecular weight is 402 g/mol. The highest BCUT2D eigenvalue weighted by Gasteiger charge is 2.28. The fourth-order valence-electron chi connectivity index (χ4n) is 4.13. The first-order valence-electron chi connectivity index (χ1n) is 10.1. The molecule has 4 aromatic rings. The average Bonchev–Trinajstić information content (AvgIpc) is 3.49. The third-order valence-corrected chi connectivity index (χ3v) is 5.73.